The van der Waals surface area contributed by atoms with Crippen LogP contribution in [-0.4, -0.2) is 46.7 Å². The fraction of sp³-hybridized carbons (Fsp3) is 0.943. The van der Waals surface area contributed by atoms with Crippen LogP contribution in [0.4, 0.5) is 0 Å². The number of esters is 1. The molecule has 61 heavy (non-hydrogen) atoms. The molecule has 2 N–H and O–H groups in total. The second-order valence-corrected chi connectivity index (χ2v) is 19.6. The minimum Gasteiger partial charge on any atom is -0.480 e. The van der Waals surface area contributed by atoms with Crippen LogP contribution in [0.1, 0.15) is 297 Å². The number of hydroxylamine groups is 1. The lowest BCUT2D eigenvalue weighted by molar-refractivity contribution is -0.157. The van der Waals surface area contributed by atoms with Gasteiger partial charge >= 0.3 is 17.9 Å². The first kappa shape index (κ1) is 59.7. The summed E-state index contributed by atoms with van der Waals surface area (Å²) in [5.41, 5.74) is 2.52. The Morgan fingerprint density at radius 1 is 0.410 bits per heavy atom. The number of aliphatic carboxylic acids is 1. The van der Waals surface area contributed by atoms with E-state index in [2.05, 4.69) is 26.3 Å². The van der Waals surface area contributed by atoms with Gasteiger partial charge in [-0.1, -0.05) is 258 Å². The van der Waals surface area contributed by atoms with E-state index in [0.717, 1.165) is 51.4 Å². The van der Waals surface area contributed by atoms with E-state index in [0.29, 0.717) is 18.6 Å². The van der Waals surface area contributed by atoms with E-state index in [1.165, 1.54) is 224 Å². The van der Waals surface area contributed by atoms with Crippen molar-refractivity contribution in [1.29, 1.82) is 0 Å². The highest BCUT2D eigenvalue weighted by Crippen LogP contribution is 2.19. The fourth-order valence-electron chi connectivity index (χ4n) is 8.22. The predicted molar refractivity (Wildman–Crippen MR) is 263 cm³/mol. The number of rotatable bonds is 51. The van der Waals surface area contributed by atoms with Gasteiger partial charge in [-0.2, -0.15) is 11.8 Å². The van der Waals surface area contributed by atoms with E-state index in [4.69, 9.17) is 9.57 Å². The summed E-state index contributed by atoms with van der Waals surface area (Å²) in [5, 5.41) is 9.84. The smallest absolute Gasteiger partial charge is 0.324 e. The molecule has 0 aliphatic heterocycles. The number of hydrogen-bond acceptors (Lipinski definition) is 7. The SMILES string of the molecule is CCCCCCCCCCCCCCCC[C@@H](CSC[C@H](NOC(=O)CCCCCCCCCCCCCCC)C(=O)O)OC(=O)CCCCCCCCCCCCCCC. The highest BCUT2D eigenvalue weighted by atomic mass is 32.2. The van der Waals surface area contributed by atoms with Gasteiger partial charge < -0.3 is 14.7 Å². The van der Waals surface area contributed by atoms with Crippen LogP contribution < -0.4 is 5.48 Å². The number of carboxylic acids is 1. The molecule has 0 radical (unpaired) electrons. The Kier molecular flexibility index (Phi) is 48.7. The molecule has 0 aliphatic carbocycles. The zero-order valence-electron chi connectivity index (χ0n) is 40.9. The Bertz CT molecular complexity index is 934. The van der Waals surface area contributed by atoms with Crippen LogP contribution in [0, 0.1) is 0 Å². The third-order valence-corrected chi connectivity index (χ3v) is 13.5. The van der Waals surface area contributed by atoms with Gasteiger partial charge in [0, 0.05) is 24.3 Å². The van der Waals surface area contributed by atoms with E-state index >= 15 is 0 Å². The standard InChI is InChI=1S/C53H103NO6S/c1-4-7-10-13-16-19-22-25-28-29-32-35-38-41-44-49(59-51(55)45-42-39-36-33-30-26-23-20-17-14-11-8-5-2)47-61-48-50(53(57)58)54-60-52(56)46-43-40-37-34-31-27-24-21-18-15-12-9-6-3/h49-50,54H,4-48H2,1-3H3,(H,57,58)/t49-,50-/m0/s1. The first-order valence-electron chi connectivity index (χ1n) is 26.9. The fourth-order valence-corrected chi connectivity index (χ4v) is 9.30. The van der Waals surface area contributed by atoms with Crippen LogP contribution in [0.25, 0.3) is 0 Å². The van der Waals surface area contributed by atoms with Gasteiger partial charge in [0.05, 0.1) is 0 Å². The summed E-state index contributed by atoms with van der Waals surface area (Å²) < 4.78 is 6.01. The van der Waals surface area contributed by atoms with Crippen molar-refractivity contribution in [3.05, 3.63) is 0 Å². The van der Waals surface area contributed by atoms with E-state index in [-0.39, 0.29) is 17.8 Å². The van der Waals surface area contributed by atoms with E-state index in [9.17, 15) is 19.5 Å². The zero-order valence-corrected chi connectivity index (χ0v) is 41.7. The average molecular weight is 882 g/mol. The highest BCUT2D eigenvalue weighted by molar-refractivity contribution is 7.99. The van der Waals surface area contributed by atoms with Crippen LogP contribution >= 0.6 is 11.8 Å². The second-order valence-electron chi connectivity index (χ2n) is 18.5. The lowest BCUT2D eigenvalue weighted by atomic mass is 10.0. The zero-order chi connectivity index (χ0) is 44.5. The number of carbonyl (C=O) groups is 3. The largest absolute Gasteiger partial charge is 0.480 e. The summed E-state index contributed by atoms with van der Waals surface area (Å²) in [5.74, 6) is -0.816. The van der Waals surface area contributed by atoms with Crippen LogP contribution in [0.5, 0.6) is 0 Å². The molecule has 8 heteroatoms. The predicted octanol–water partition coefficient (Wildman–Crippen LogP) is 17.0. The minimum atomic E-state index is -1.05. The molecule has 0 unspecified atom stereocenters. The lowest BCUT2D eigenvalue weighted by Gasteiger charge is -2.19. The molecule has 0 aromatic heterocycles. The van der Waals surface area contributed by atoms with Crippen molar-refractivity contribution in [1.82, 2.24) is 5.48 Å². The maximum Gasteiger partial charge on any atom is 0.324 e. The van der Waals surface area contributed by atoms with Gasteiger partial charge in [0.2, 0.25) is 0 Å². The molecule has 0 amide bonds. The minimum absolute atomic E-state index is 0.131. The molecule has 2 atom stereocenters. The van der Waals surface area contributed by atoms with Crippen LogP contribution in [0.2, 0.25) is 0 Å². The lowest BCUT2D eigenvalue weighted by Crippen LogP contribution is -2.40. The number of hydrogen-bond donors (Lipinski definition) is 2. The van der Waals surface area contributed by atoms with Crippen LogP contribution in [-0.2, 0) is 24.0 Å². The van der Waals surface area contributed by atoms with E-state index < -0.39 is 18.0 Å². The van der Waals surface area contributed by atoms with Crippen molar-refractivity contribution < 1.29 is 29.1 Å². The molecule has 0 saturated carbocycles. The summed E-state index contributed by atoms with van der Waals surface area (Å²) in [6.07, 6.45) is 52.2. The van der Waals surface area contributed by atoms with Gasteiger partial charge in [0.15, 0.2) is 0 Å². The molecule has 0 fully saturated rings. The van der Waals surface area contributed by atoms with Crippen molar-refractivity contribution in [3.63, 3.8) is 0 Å². The molecule has 0 aromatic carbocycles. The molecule has 0 rings (SSSR count). The molecule has 0 aromatic rings. The van der Waals surface area contributed by atoms with Gasteiger partial charge in [-0.3, -0.25) is 14.4 Å². The Hall–Kier alpha value is -1.28. The molecular weight excluding hydrogens is 779 g/mol. The van der Waals surface area contributed by atoms with Crippen molar-refractivity contribution >= 4 is 29.7 Å². The Morgan fingerprint density at radius 2 is 0.705 bits per heavy atom. The first-order chi connectivity index (χ1) is 29.9. The van der Waals surface area contributed by atoms with Crippen molar-refractivity contribution in [2.75, 3.05) is 11.5 Å². The number of unbranched alkanes of at least 4 members (excludes halogenated alkanes) is 37. The Morgan fingerprint density at radius 3 is 1.03 bits per heavy atom. The number of carboxylic acid groups (broad SMARTS) is 1. The third kappa shape index (κ3) is 46.5. The van der Waals surface area contributed by atoms with Gasteiger partial charge in [0.1, 0.15) is 12.1 Å². The first-order valence-corrected chi connectivity index (χ1v) is 28.0. The average Bonchev–Trinajstić information content (AvgIpc) is 3.25. The van der Waals surface area contributed by atoms with Crippen molar-refractivity contribution in [2.45, 2.75) is 309 Å². The molecule has 362 valence electrons. The van der Waals surface area contributed by atoms with E-state index in [1.807, 2.05) is 0 Å². The summed E-state index contributed by atoms with van der Waals surface area (Å²) in [6, 6.07) is -1.01. The van der Waals surface area contributed by atoms with E-state index in [1.54, 1.807) is 0 Å². The van der Waals surface area contributed by atoms with Gasteiger partial charge in [-0.05, 0) is 25.7 Å². The summed E-state index contributed by atoms with van der Waals surface area (Å²) in [4.78, 5) is 42.5. The topological polar surface area (TPSA) is 102 Å². The van der Waals surface area contributed by atoms with Crippen LogP contribution in [0.15, 0.2) is 0 Å². The second kappa shape index (κ2) is 49.7. The van der Waals surface area contributed by atoms with Crippen molar-refractivity contribution in [2.24, 2.45) is 0 Å². The monoisotopic (exact) mass is 882 g/mol. The maximum atomic E-state index is 12.9. The maximum absolute atomic E-state index is 12.9. The van der Waals surface area contributed by atoms with Gasteiger partial charge in [-0.15, -0.1) is 5.48 Å². The normalized spacial score (nSPS) is 12.4. The van der Waals surface area contributed by atoms with Crippen LogP contribution in [0.3, 0.4) is 0 Å². The molecule has 0 aliphatic rings. The van der Waals surface area contributed by atoms with Gasteiger partial charge in [0.25, 0.3) is 0 Å². The Labute approximate surface area is 383 Å². The highest BCUT2D eigenvalue weighted by Gasteiger charge is 2.22. The number of nitrogens with one attached hydrogen (secondary N) is 1. The molecule has 7 nitrogen and oxygen atoms in total. The number of carbonyl (C=O) groups excluding carboxylic acids is 2. The molecule has 0 bridgehead atoms. The molecule has 0 saturated heterocycles. The quantitative estimate of drug-likeness (QED) is 0.0354. The molecular formula is C53H103NO6S. The van der Waals surface area contributed by atoms with Gasteiger partial charge in [-0.25, -0.2) is 0 Å². The number of thioether (sulfide) groups is 1. The summed E-state index contributed by atoms with van der Waals surface area (Å²) in [7, 11) is 0. The third-order valence-electron chi connectivity index (χ3n) is 12.3. The summed E-state index contributed by atoms with van der Waals surface area (Å²) in [6.45, 7) is 6.80. The molecule has 0 spiro atoms. The Balaban J connectivity index is 4.45. The van der Waals surface area contributed by atoms with Crippen molar-refractivity contribution in [3.8, 4) is 0 Å². The number of ether oxygens (including phenoxy) is 1. The molecule has 0 heterocycles. The summed E-state index contributed by atoms with van der Waals surface area (Å²) >= 11 is 1.45.